The SMILES string of the molecule is COc1cc(/C=C2/SC(=O)N(CC(=O)Nc3cccc(Cl)c3)C2=O)ccc1C. The number of aryl methyl sites for hydroxylation is 1. The van der Waals surface area contributed by atoms with Crippen molar-refractivity contribution in [3.8, 4) is 5.75 Å². The van der Waals surface area contributed by atoms with Gasteiger partial charge >= 0.3 is 0 Å². The lowest BCUT2D eigenvalue weighted by molar-refractivity contribution is -0.127. The summed E-state index contributed by atoms with van der Waals surface area (Å²) >= 11 is 6.68. The second-order valence-corrected chi connectivity index (χ2v) is 7.49. The summed E-state index contributed by atoms with van der Waals surface area (Å²) in [6.07, 6.45) is 1.61. The van der Waals surface area contributed by atoms with Gasteiger partial charge < -0.3 is 10.1 Å². The van der Waals surface area contributed by atoms with Crippen LogP contribution in [0.1, 0.15) is 11.1 Å². The summed E-state index contributed by atoms with van der Waals surface area (Å²) in [5.74, 6) is -0.299. The topological polar surface area (TPSA) is 75.7 Å². The van der Waals surface area contributed by atoms with Gasteiger partial charge in [-0.2, -0.15) is 0 Å². The van der Waals surface area contributed by atoms with E-state index in [0.717, 1.165) is 27.8 Å². The molecule has 0 saturated carbocycles. The van der Waals surface area contributed by atoms with Crippen molar-refractivity contribution in [3.63, 3.8) is 0 Å². The molecule has 1 saturated heterocycles. The number of amides is 3. The summed E-state index contributed by atoms with van der Waals surface area (Å²) in [5.41, 5.74) is 2.19. The average Bonchev–Trinajstić information content (AvgIpc) is 2.90. The number of hydrogen-bond acceptors (Lipinski definition) is 5. The number of nitrogens with zero attached hydrogens (tertiary/aromatic N) is 1. The molecule has 3 rings (SSSR count). The fourth-order valence-electron chi connectivity index (χ4n) is 2.62. The minimum atomic E-state index is -0.504. The van der Waals surface area contributed by atoms with E-state index in [9.17, 15) is 14.4 Å². The highest BCUT2D eigenvalue weighted by molar-refractivity contribution is 8.18. The molecule has 1 heterocycles. The Kier molecular flexibility index (Phi) is 6.06. The lowest BCUT2D eigenvalue weighted by atomic mass is 10.1. The average molecular weight is 417 g/mol. The first kappa shape index (κ1) is 20.0. The molecule has 28 heavy (non-hydrogen) atoms. The highest BCUT2D eigenvalue weighted by atomic mass is 35.5. The normalized spacial score (nSPS) is 15.2. The van der Waals surface area contributed by atoms with Gasteiger partial charge in [-0.15, -0.1) is 0 Å². The number of halogens is 1. The summed E-state index contributed by atoms with van der Waals surface area (Å²) in [4.78, 5) is 38.2. The predicted octanol–water partition coefficient (Wildman–Crippen LogP) is 4.33. The van der Waals surface area contributed by atoms with Crippen LogP contribution in [0.4, 0.5) is 10.5 Å². The van der Waals surface area contributed by atoms with Crippen LogP contribution < -0.4 is 10.1 Å². The quantitative estimate of drug-likeness (QED) is 0.734. The van der Waals surface area contributed by atoms with Crippen LogP contribution in [0.3, 0.4) is 0 Å². The molecular formula is C20H17ClN2O4S. The molecule has 0 aliphatic carbocycles. The van der Waals surface area contributed by atoms with Crippen LogP contribution in [0.5, 0.6) is 5.75 Å². The van der Waals surface area contributed by atoms with Crippen LogP contribution in [0, 0.1) is 6.92 Å². The minimum Gasteiger partial charge on any atom is -0.496 e. The molecule has 0 atom stereocenters. The first-order valence-corrected chi connectivity index (χ1v) is 9.52. The maximum Gasteiger partial charge on any atom is 0.294 e. The van der Waals surface area contributed by atoms with Crippen molar-refractivity contribution in [3.05, 3.63) is 63.5 Å². The third kappa shape index (κ3) is 4.55. The Morgan fingerprint density at radius 2 is 2.04 bits per heavy atom. The number of benzene rings is 2. The van der Waals surface area contributed by atoms with E-state index in [-0.39, 0.29) is 11.4 Å². The summed E-state index contributed by atoms with van der Waals surface area (Å²) in [6.45, 7) is 1.54. The standard InChI is InChI=1S/C20H17ClN2O4S/c1-12-6-7-13(8-16(12)27-2)9-17-19(25)23(20(26)28-17)11-18(24)22-15-5-3-4-14(21)10-15/h3-10H,11H2,1-2H3,(H,22,24)/b17-9+. The lowest BCUT2D eigenvalue weighted by Crippen LogP contribution is -2.36. The number of carbonyl (C=O) groups excluding carboxylic acids is 3. The highest BCUT2D eigenvalue weighted by Gasteiger charge is 2.36. The van der Waals surface area contributed by atoms with Gasteiger partial charge in [-0.25, -0.2) is 0 Å². The maximum atomic E-state index is 12.6. The van der Waals surface area contributed by atoms with E-state index in [0.29, 0.717) is 16.5 Å². The summed E-state index contributed by atoms with van der Waals surface area (Å²) in [7, 11) is 1.57. The zero-order chi connectivity index (χ0) is 20.3. The van der Waals surface area contributed by atoms with Gasteiger partial charge in [-0.3, -0.25) is 19.3 Å². The van der Waals surface area contributed by atoms with Gasteiger partial charge in [0.1, 0.15) is 12.3 Å². The molecule has 1 aliphatic heterocycles. The Balaban J connectivity index is 1.72. The first-order valence-electron chi connectivity index (χ1n) is 8.33. The van der Waals surface area contributed by atoms with Crippen molar-refractivity contribution >= 4 is 52.2 Å². The van der Waals surface area contributed by atoms with Crippen LogP contribution in [0.25, 0.3) is 6.08 Å². The van der Waals surface area contributed by atoms with Gasteiger partial charge in [0.15, 0.2) is 0 Å². The third-order valence-corrected chi connectivity index (χ3v) is 5.16. The van der Waals surface area contributed by atoms with E-state index in [4.69, 9.17) is 16.3 Å². The number of anilines is 1. The smallest absolute Gasteiger partial charge is 0.294 e. The van der Waals surface area contributed by atoms with Crippen LogP contribution in [-0.4, -0.2) is 35.6 Å². The summed E-state index contributed by atoms with van der Waals surface area (Å²) in [5, 5.41) is 2.61. The second kappa shape index (κ2) is 8.50. The largest absolute Gasteiger partial charge is 0.496 e. The van der Waals surface area contributed by atoms with Gasteiger partial charge in [-0.1, -0.05) is 29.8 Å². The molecule has 1 fully saturated rings. The Labute approximate surface area is 171 Å². The van der Waals surface area contributed by atoms with E-state index in [1.807, 2.05) is 19.1 Å². The molecule has 0 aromatic heterocycles. The molecule has 1 N–H and O–H groups in total. The van der Waals surface area contributed by atoms with Crippen LogP contribution in [0.15, 0.2) is 47.4 Å². The number of imide groups is 1. The van der Waals surface area contributed by atoms with Gasteiger partial charge in [0, 0.05) is 10.7 Å². The van der Waals surface area contributed by atoms with Crippen molar-refractivity contribution in [1.29, 1.82) is 0 Å². The van der Waals surface area contributed by atoms with Crippen molar-refractivity contribution in [1.82, 2.24) is 4.90 Å². The fourth-order valence-corrected chi connectivity index (χ4v) is 3.65. The van der Waals surface area contributed by atoms with E-state index in [1.165, 1.54) is 0 Å². The molecule has 0 radical (unpaired) electrons. The maximum absolute atomic E-state index is 12.6. The second-order valence-electron chi connectivity index (χ2n) is 6.06. The predicted molar refractivity (Wildman–Crippen MR) is 110 cm³/mol. The van der Waals surface area contributed by atoms with Crippen molar-refractivity contribution in [2.45, 2.75) is 6.92 Å². The van der Waals surface area contributed by atoms with Crippen molar-refractivity contribution < 1.29 is 19.1 Å². The molecule has 0 spiro atoms. The number of methoxy groups -OCH3 is 1. The van der Waals surface area contributed by atoms with Gasteiger partial charge in [0.2, 0.25) is 5.91 Å². The summed E-state index contributed by atoms with van der Waals surface area (Å²) in [6, 6.07) is 12.1. The monoisotopic (exact) mass is 416 g/mol. The minimum absolute atomic E-state index is 0.256. The Hall–Kier alpha value is -2.77. The molecule has 1 aliphatic rings. The molecule has 2 aromatic rings. The van der Waals surface area contributed by atoms with Crippen molar-refractivity contribution in [2.75, 3.05) is 19.0 Å². The first-order chi connectivity index (χ1) is 13.4. The van der Waals surface area contributed by atoms with Gasteiger partial charge in [0.25, 0.3) is 11.1 Å². The Bertz CT molecular complexity index is 990. The lowest BCUT2D eigenvalue weighted by Gasteiger charge is -2.12. The molecule has 144 valence electrons. The van der Waals surface area contributed by atoms with E-state index < -0.39 is 17.1 Å². The fraction of sp³-hybridized carbons (Fsp3) is 0.150. The zero-order valence-corrected chi connectivity index (χ0v) is 16.8. The Morgan fingerprint density at radius 3 is 2.75 bits per heavy atom. The van der Waals surface area contributed by atoms with E-state index in [1.54, 1.807) is 43.5 Å². The van der Waals surface area contributed by atoms with Crippen LogP contribution in [-0.2, 0) is 9.59 Å². The van der Waals surface area contributed by atoms with Crippen LogP contribution in [0.2, 0.25) is 5.02 Å². The number of carbonyl (C=O) groups is 3. The summed E-state index contributed by atoms with van der Waals surface area (Å²) < 4.78 is 5.28. The van der Waals surface area contributed by atoms with Gasteiger partial charge in [-0.05, 0) is 60.2 Å². The number of hydrogen-bond donors (Lipinski definition) is 1. The van der Waals surface area contributed by atoms with Crippen molar-refractivity contribution in [2.24, 2.45) is 0 Å². The molecule has 8 heteroatoms. The molecule has 6 nitrogen and oxygen atoms in total. The van der Waals surface area contributed by atoms with Gasteiger partial charge in [0.05, 0.1) is 12.0 Å². The van der Waals surface area contributed by atoms with Crippen LogP contribution >= 0.6 is 23.4 Å². The number of thioether (sulfide) groups is 1. The van der Waals surface area contributed by atoms with E-state index in [2.05, 4.69) is 5.32 Å². The molecule has 3 amide bonds. The molecule has 0 bridgehead atoms. The zero-order valence-electron chi connectivity index (χ0n) is 15.2. The highest BCUT2D eigenvalue weighted by Crippen LogP contribution is 2.33. The third-order valence-electron chi connectivity index (χ3n) is 4.01. The Morgan fingerprint density at radius 1 is 1.25 bits per heavy atom. The number of nitrogens with one attached hydrogen (secondary N) is 1. The molecule has 0 unspecified atom stereocenters. The van der Waals surface area contributed by atoms with E-state index >= 15 is 0 Å². The number of ether oxygens (including phenoxy) is 1. The number of rotatable bonds is 5. The molecule has 2 aromatic carbocycles. The molecular weight excluding hydrogens is 400 g/mol.